The van der Waals surface area contributed by atoms with Gasteiger partial charge in [-0.1, -0.05) is 32.0 Å². The minimum absolute atomic E-state index is 0.0238. The van der Waals surface area contributed by atoms with Crippen molar-refractivity contribution in [2.75, 3.05) is 33.9 Å². The van der Waals surface area contributed by atoms with Crippen molar-refractivity contribution in [1.82, 2.24) is 10.2 Å². The van der Waals surface area contributed by atoms with Crippen molar-refractivity contribution in [2.24, 2.45) is 5.92 Å². The minimum atomic E-state index is -1.19. The van der Waals surface area contributed by atoms with Crippen LogP contribution >= 0.6 is 0 Å². The predicted octanol–water partition coefficient (Wildman–Crippen LogP) is 2.26. The van der Waals surface area contributed by atoms with Gasteiger partial charge in [-0.3, -0.25) is 14.4 Å². The van der Waals surface area contributed by atoms with E-state index in [9.17, 15) is 24.6 Å². The Morgan fingerprint density at radius 1 is 1.15 bits per heavy atom. The molecule has 1 aliphatic carbocycles. The van der Waals surface area contributed by atoms with Gasteiger partial charge in [0.2, 0.25) is 11.8 Å². The Hall–Kier alpha value is -3.89. The molecule has 2 aliphatic rings. The lowest BCUT2D eigenvalue weighted by atomic mass is 9.77. The Morgan fingerprint density at radius 2 is 1.88 bits per heavy atom. The van der Waals surface area contributed by atoms with Crippen LogP contribution in [0.3, 0.4) is 0 Å². The van der Waals surface area contributed by atoms with Gasteiger partial charge in [0.1, 0.15) is 24.2 Å². The molecule has 2 aromatic carbocycles. The maximum atomic E-state index is 13.6. The molecule has 3 N–H and O–H groups in total. The van der Waals surface area contributed by atoms with E-state index in [1.807, 2.05) is 38.1 Å². The Labute approximate surface area is 239 Å². The number of amides is 2. The van der Waals surface area contributed by atoms with Gasteiger partial charge in [-0.2, -0.15) is 0 Å². The predicted molar refractivity (Wildman–Crippen MR) is 151 cm³/mol. The summed E-state index contributed by atoms with van der Waals surface area (Å²) < 4.78 is 17.2. The highest BCUT2D eigenvalue weighted by Crippen LogP contribution is 2.51. The van der Waals surface area contributed by atoms with E-state index in [-0.39, 0.29) is 43.5 Å². The quantitative estimate of drug-likeness (QED) is 0.333. The standard InChI is InChI=1S/C31H38N2O8/c1-18(2)13-26(36)33(11-9-20-7-5-6-8-24(20)39-3)23-16-22(31(38)32-10-12-34)27-21-14-19(17-35)15-25(40-4)29(21)41-30(27)28(23)37/h5-8,14-18,23,27-28,30,34,37H,9-13H2,1-4H3,(H,32,38). The fraction of sp³-hybridized carbons (Fsp3) is 0.452. The molecule has 0 fully saturated rings. The van der Waals surface area contributed by atoms with Crippen molar-refractivity contribution >= 4 is 18.1 Å². The van der Waals surface area contributed by atoms with Crippen LogP contribution in [0, 0.1) is 5.92 Å². The maximum Gasteiger partial charge on any atom is 0.247 e. The van der Waals surface area contributed by atoms with Crippen LogP contribution in [-0.2, 0) is 16.0 Å². The van der Waals surface area contributed by atoms with E-state index in [4.69, 9.17) is 14.2 Å². The van der Waals surface area contributed by atoms with Crippen molar-refractivity contribution in [3.8, 4) is 17.2 Å². The number of aliphatic hydroxyl groups excluding tert-OH is 2. The molecule has 4 unspecified atom stereocenters. The number of aliphatic hydroxyl groups is 2. The van der Waals surface area contributed by atoms with Crippen LogP contribution in [0.1, 0.15) is 47.7 Å². The maximum absolute atomic E-state index is 13.6. The first-order chi connectivity index (χ1) is 19.7. The fourth-order valence-corrected chi connectivity index (χ4v) is 5.62. The molecule has 1 aliphatic heterocycles. The lowest BCUT2D eigenvalue weighted by Gasteiger charge is -2.41. The van der Waals surface area contributed by atoms with Crippen molar-refractivity contribution in [1.29, 1.82) is 0 Å². The van der Waals surface area contributed by atoms with Gasteiger partial charge in [0, 0.05) is 36.2 Å². The molecule has 4 rings (SSSR count). The first kappa shape index (κ1) is 30.1. The number of carbonyl (C=O) groups is 3. The summed E-state index contributed by atoms with van der Waals surface area (Å²) in [6.07, 6.45) is 0.893. The highest BCUT2D eigenvalue weighted by atomic mass is 16.5. The van der Waals surface area contributed by atoms with Crippen LogP contribution in [0.2, 0.25) is 0 Å². The Kier molecular flexibility index (Phi) is 9.67. The zero-order valence-corrected chi connectivity index (χ0v) is 23.8. The molecule has 41 heavy (non-hydrogen) atoms. The summed E-state index contributed by atoms with van der Waals surface area (Å²) in [7, 11) is 3.04. The van der Waals surface area contributed by atoms with E-state index in [0.717, 1.165) is 5.56 Å². The van der Waals surface area contributed by atoms with Crippen LogP contribution in [0.25, 0.3) is 0 Å². The second-order valence-corrected chi connectivity index (χ2v) is 10.6. The van der Waals surface area contributed by atoms with Gasteiger partial charge in [-0.15, -0.1) is 0 Å². The number of para-hydroxylation sites is 1. The molecule has 10 heteroatoms. The summed E-state index contributed by atoms with van der Waals surface area (Å²) in [5.41, 5.74) is 2.05. The largest absolute Gasteiger partial charge is 0.496 e. The van der Waals surface area contributed by atoms with E-state index >= 15 is 0 Å². The van der Waals surface area contributed by atoms with Crippen LogP contribution in [-0.4, -0.2) is 85.4 Å². The molecule has 2 amide bonds. The third-order valence-electron chi connectivity index (χ3n) is 7.49. The normalized spacial score (nSPS) is 20.8. The second-order valence-electron chi connectivity index (χ2n) is 10.6. The number of benzene rings is 2. The van der Waals surface area contributed by atoms with Gasteiger partial charge in [-0.25, -0.2) is 0 Å². The third kappa shape index (κ3) is 6.23. The van der Waals surface area contributed by atoms with E-state index in [1.54, 1.807) is 24.2 Å². The molecule has 0 saturated carbocycles. The van der Waals surface area contributed by atoms with Gasteiger partial charge in [-0.05, 0) is 42.2 Å². The average Bonchev–Trinajstić information content (AvgIpc) is 3.36. The van der Waals surface area contributed by atoms with Crippen LogP contribution in [0.4, 0.5) is 0 Å². The highest BCUT2D eigenvalue weighted by molar-refractivity contribution is 5.96. The number of aldehydes is 1. The van der Waals surface area contributed by atoms with E-state index in [2.05, 4.69) is 5.32 Å². The molecule has 0 aromatic heterocycles. The molecule has 220 valence electrons. The number of nitrogens with one attached hydrogen (secondary N) is 1. The minimum Gasteiger partial charge on any atom is -0.496 e. The number of hydrogen-bond acceptors (Lipinski definition) is 8. The molecule has 0 radical (unpaired) electrons. The third-order valence-corrected chi connectivity index (χ3v) is 7.49. The van der Waals surface area contributed by atoms with E-state index < -0.39 is 30.1 Å². The molecule has 0 saturated heterocycles. The highest BCUT2D eigenvalue weighted by Gasteiger charge is 2.51. The first-order valence-electron chi connectivity index (χ1n) is 13.8. The Morgan fingerprint density at radius 3 is 2.54 bits per heavy atom. The molecular formula is C31H38N2O8. The Bertz CT molecular complexity index is 1310. The summed E-state index contributed by atoms with van der Waals surface area (Å²) in [5.74, 6) is 0.0582. The molecule has 1 heterocycles. The Balaban J connectivity index is 1.78. The number of rotatable bonds is 12. The zero-order valence-electron chi connectivity index (χ0n) is 23.8. The SMILES string of the molecule is COc1ccccc1CCN(C(=O)CC(C)C)C1C=C(C(=O)NCCO)C2c3cc(C=O)cc(OC)c3OC2C1O. The average molecular weight is 567 g/mol. The monoisotopic (exact) mass is 566 g/mol. The summed E-state index contributed by atoms with van der Waals surface area (Å²) in [6, 6.07) is 9.82. The van der Waals surface area contributed by atoms with E-state index in [0.29, 0.717) is 41.1 Å². The lowest BCUT2D eigenvalue weighted by Crippen LogP contribution is -2.56. The topological polar surface area (TPSA) is 135 Å². The van der Waals surface area contributed by atoms with Crippen molar-refractivity contribution in [3.05, 3.63) is 64.7 Å². The van der Waals surface area contributed by atoms with E-state index in [1.165, 1.54) is 13.2 Å². The number of hydrogen-bond donors (Lipinski definition) is 3. The van der Waals surface area contributed by atoms with Crippen LogP contribution in [0.15, 0.2) is 48.0 Å². The van der Waals surface area contributed by atoms with Crippen LogP contribution in [0.5, 0.6) is 17.2 Å². The first-order valence-corrected chi connectivity index (χ1v) is 13.8. The molecule has 2 aromatic rings. The molecule has 0 bridgehead atoms. The van der Waals surface area contributed by atoms with Gasteiger partial charge in [0.15, 0.2) is 11.5 Å². The fourth-order valence-electron chi connectivity index (χ4n) is 5.62. The summed E-state index contributed by atoms with van der Waals surface area (Å²) in [4.78, 5) is 40.4. The van der Waals surface area contributed by atoms with Crippen molar-refractivity contribution in [3.63, 3.8) is 0 Å². The lowest BCUT2D eigenvalue weighted by molar-refractivity contribution is -0.137. The van der Waals surface area contributed by atoms with Crippen LogP contribution < -0.4 is 19.5 Å². The zero-order chi connectivity index (χ0) is 29.7. The number of methoxy groups -OCH3 is 2. The molecule has 10 nitrogen and oxygen atoms in total. The smallest absolute Gasteiger partial charge is 0.247 e. The van der Waals surface area contributed by atoms with Crippen molar-refractivity contribution in [2.45, 2.75) is 50.9 Å². The van der Waals surface area contributed by atoms with Gasteiger partial charge in [0.05, 0.1) is 32.8 Å². The molecular weight excluding hydrogens is 528 g/mol. The molecule has 4 atom stereocenters. The summed E-state index contributed by atoms with van der Waals surface area (Å²) in [6.45, 7) is 3.92. The number of fused-ring (bicyclic) bond motifs is 3. The van der Waals surface area contributed by atoms with Gasteiger partial charge >= 0.3 is 0 Å². The second kappa shape index (κ2) is 13.2. The summed E-state index contributed by atoms with van der Waals surface area (Å²) >= 11 is 0. The van der Waals surface area contributed by atoms with Gasteiger partial charge in [0.25, 0.3) is 0 Å². The number of nitrogens with zero attached hydrogens (tertiary/aromatic N) is 1. The molecule has 0 spiro atoms. The van der Waals surface area contributed by atoms with Gasteiger partial charge < -0.3 is 34.6 Å². The number of ether oxygens (including phenoxy) is 3. The summed E-state index contributed by atoms with van der Waals surface area (Å²) in [5, 5.41) is 23.8. The van der Waals surface area contributed by atoms with Crippen molar-refractivity contribution < 1.29 is 38.8 Å². The number of carbonyl (C=O) groups excluding carboxylic acids is 3.